The maximum atomic E-state index is 13.0. The van der Waals surface area contributed by atoms with Gasteiger partial charge >= 0.3 is 0 Å². The number of sulfonamides is 1. The molecule has 0 aliphatic carbocycles. The lowest BCUT2D eigenvalue weighted by Gasteiger charge is -2.31. The van der Waals surface area contributed by atoms with Crippen molar-refractivity contribution in [1.82, 2.24) is 4.31 Å². The molecule has 1 aromatic carbocycles. The topological polar surface area (TPSA) is 89.7 Å². The van der Waals surface area contributed by atoms with E-state index >= 15 is 0 Å². The molecule has 1 saturated heterocycles. The molecule has 1 aliphatic heterocycles. The zero-order valence-corrected chi connectivity index (χ0v) is 14.9. The quantitative estimate of drug-likeness (QED) is 0.899. The Morgan fingerprint density at radius 2 is 1.78 bits per heavy atom. The van der Waals surface area contributed by atoms with Crippen LogP contribution in [0, 0.1) is 26.7 Å². The Bertz CT molecular complexity index is 720. The van der Waals surface area contributed by atoms with Crippen LogP contribution in [0.5, 0.6) is 5.75 Å². The van der Waals surface area contributed by atoms with Crippen LogP contribution in [0.2, 0.25) is 0 Å². The molecule has 2 rings (SSSR count). The molecule has 23 heavy (non-hydrogen) atoms. The summed E-state index contributed by atoms with van der Waals surface area (Å²) in [7, 11) is -2.02. The highest BCUT2D eigenvalue weighted by Crippen LogP contribution is 2.33. The van der Waals surface area contributed by atoms with Gasteiger partial charge in [-0.15, -0.1) is 0 Å². The summed E-state index contributed by atoms with van der Waals surface area (Å²) in [4.78, 5) is 11.6. The van der Waals surface area contributed by atoms with E-state index in [0.717, 1.165) is 5.56 Å². The van der Waals surface area contributed by atoms with E-state index in [4.69, 9.17) is 10.5 Å². The van der Waals surface area contributed by atoms with E-state index in [1.165, 1.54) is 4.31 Å². The van der Waals surface area contributed by atoms with Gasteiger partial charge in [-0.3, -0.25) is 4.79 Å². The molecule has 0 atom stereocenters. The molecule has 1 aromatic rings. The predicted molar refractivity (Wildman–Crippen MR) is 87.9 cm³/mol. The van der Waals surface area contributed by atoms with Crippen molar-refractivity contribution in [2.45, 2.75) is 38.5 Å². The van der Waals surface area contributed by atoms with Crippen LogP contribution in [0.15, 0.2) is 11.0 Å². The summed E-state index contributed by atoms with van der Waals surface area (Å²) in [5.41, 5.74) is 7.51. The van der Waals surface area contributed by atoms with E-state index in [-0.39, 0.29) is 11.8 Å². The highest BCUT2D eigenvalue weighted by Gasteiger charge is 2.33. The third kappa shape index (κ3) is 3.21. The number of benzene rings is 1. The first-order valence-electron chi connectivity index (χ1n) is 7.64. The molecule has 2 N–H and O–H groups in total. The van der Waals surface area contributed by atoms with Crippen LogP contribution in [0.25, 0.3) is 0 Å². The number of ether oxygens (including phenoxy) is 1. The summed E-state index contributed by atoms with van der Waals surface area (Å²) in [6.07, 6.45) is 0.948. The number of nitrogens with two attached hydrogens (primary N) is 1. The monoisotopic (exact) mass is 340 g/mol. The first-order chi connectivity index (χ1) is 10.7. The van der Waals surface area contributed by atoms with E-state index < -0.39 is 10.0 Å². The molecule has 1 heterocycles. The fraction of sp³-hybridized carbons (Fsp3) is 0.562. The summed E-state index contributed by atoms with van der Waals surface area (Å²) in [5.74, 6) is 0.0994. The van der Waals surface area contributed by atoms with E-state index in [9.17, 15) is 13.2 Å². The zero-order chi connectivity index (χ0) is 17.4. The van der Waals surface area contributed by atoms with E-state index in [2.05, 4.69) is 0 Å². The molecule has 1 aliphatic rings. The molecular weight excluding hydrogens is 316 g/mol. The molecule has 0 radical (unpaired) electrons. The fourth-order valence-electron chi connectivity index (χ4n) is 3.14. The van der Waals surface area contributed by atoms with Gasteiger partial charge in [-0.1, -0.05) is 0 Å². The third-order valence-corrected chi connectivity index (χ3v) is 6.84. The lowest BCUT2D eigenvalue weighted by molar-refractivity contribution is -0.122. The number of nitrogens with zero attached hydrogens (tertiary/aromatic N) is 1. The lowest BCUT2D eigenvalue weighted by Crippen LogP contribution is -2.42. The van der Waals surface area contributed by atoms with E-state index in [1.807, 2.05) is 6.92 Å². The second kappa shape index (κ2) is 6.49. The molecule has 1 amide bonds. The average Bonchev–Trinajstić information content (AvgIpc) is 2.50. The molecule has 0 aromatic heterocycles. The van der Waals surface area contributed by atoms with Crippen molar-refractivity contribution < 1.29 is 17.9 Å². The lowest BCUT2D eigenvalue weighted by atomic mass is 9.98. The van der Waals surface area contributed by atoms with Gasteiger partial charge < -0.3 is 10.5 Å². The Hall–Kier alpha value is -1.60. The summed E-state index contributed by atoms with van der Waals surface area (Å²) in [6.45, 7) is 6.07. The smallest absolute Gasteiger partial charge is 0.243 e. The van der Waals surface area contributed by atoms with Gasteiger partial charge in [0.25, 0.3) is 0 Å². The molecule has 0 bridgehead atoms. The minimum atomic E-state index is -3.59. The van der Waals surface area contributed by atoms with Gasteiger partial charge in [-0.25, -0.2) is 8.42 Å². The van der Waals surface area contributed by atoms with Crippen LogP contribution < -0.4 is 10.5 Å². The van der Waals surface area contributed by atoms with Gasteiger partial charge in [-0.2, -0.15) is 4.31 Å². The van der Waals surface area contributed by atoms with Gasteiger partial charge in [0.2, 0.25) is 15.9 Å². The van der Waals surface area contributed by atoms with Gasteiger partial charge in [0.15, 0.2) is 0 Å². The predicted octanol–water partition coefficient (Wildman–Crippen LogP) is 1.51. The van der Waals surface area contributed by atoms with Crippen molar-refractivity contribution in [1.29, 1.82) is 0 Å². The number of hydrogen-bond donors (Lipinski definition) is 1. The van der Waals surface area contributed by atoms with Gasteiger partial charge in [-0.05, 0) is 56.4 Å². The maximum Gasteiger partial charge on any atom is 0.243 e. The fourth-order valence-corrected chi connectivity index (χ4v) is 5.10. The average molecular weight is 340 g/mol. The molecule has 1 fully saturated rings. The summed E-state index contributed by atoms with van der Waals surface area (Å²) in [6, 6.07) is 1.76. The number of hydrogen-bond acceptors (Lipinski definition) is 4. The number of methoxy groups -OCH3 is 1. The highest BCUT2D eigenvalue weighted by molar-refractivity contribution is 7.89. The van der Waals surface area contributed by atoms with Crippen LogP contribution in [-0.2, 0) is 14.8 Å². The standard InChI is InChI=1S/C16H24N2O4S/c1-10-9-14(22-4)11(2)12(3)15(10)23(20,21)18-7-5-13(6-8-18)16(17)19/h9,13H,5-8H2,1-4H3,(H2,17,19). The highest BCUT2D eigenvalue weighted by atomic mass is 32.2. The number of carbonyl (C=O) groups excluding carboxylic acids is 1. The molecule has 6 nitrogen and oxygen atoms in total. The Morgan fingerprint density at radius 3 is 2.26 bits per heavy atom. The summed E-state index contributed by atoms with van der Waals surface area (Å²) >= 11 is 0. The molecule has 0 spiro atoms. The van der Waals surface area contributed by atoms with E-state index in [1.54, 1.807) is 27.0 Å². The minimum Gasteiger partial charge on any atom is -0.496 e. The normalized spacial score (nSPS) is 17.2. The van der Waals surface area contributed by atoms with Gasteiger partial charge in [0, 0.05) is 19.0 Å². The number of aryl methyl sites for hydroxylation is 1. The SMILES string of the molecule is COc1cc(C)c(S(=O)(=O)N2CCC(C(N)=O)CC2)c(C)c1C. The number of piperidine rings is 1. The molecule has 7 heteroatoms. The molecular formula is C16H24N2O4S. The molecule has 0 saturated carbocycles. The van der Waals surface area contributed by atoms with Gasteiger partial charge in [0.05, 0.1) is 12.0 Å². The second-order valence-corrected chi connectivity index (χ2v) is 7.93. The Morgan fingerprint density at radius 1 is 1.22 bits per heavy atom. The van der Waals surface area contributed by atoms with Crippen LogP contribution in [-0.4, -0.2) is 38.8 Å². The third-order valence-electron chi connectivity index (χ3n) is 4.65. The summed E-state index contributed by atoms with van der Waals surface area (Å²) < 4.78 is 32.8. The Labute approximate surface area is 137 Å². The van der Waals surface area contributed by atoms with Crippen LogP contribution >= 0.6 is 0 Å². The van der Waals surface area contributed by atoms with E-state index in [0.29, 0.717) is 47.7 Å². The van der Waals surface area contributed by atoms with Crippen molar-refractivity contribution in [3.8, 4) is 5.75 Å². The van der Waals surface area contributed by atoms with Crippen LogP contribution in [0.4, 0.5) is 0 Å². The number of amides is 1. The minimum absolute atomic E-state index is 0.235. The second-order valence-electron chi connectivity index (χ2n) is 6.06. The van der Waals surface area contributed by atoms with Crippen molar-refractivity contribution >= 4 is 15.9 Å². The Kier molecular flexibility index (Phi) is 5.01. The number of rotatable bonds is 4. The van der Waals surface area contributed by atoms with Gasteiger partial charge in [0.1, 0.15) is 5.75 Å². The number of primary amides is 1. The first-order valence-corrected chi connectivity index (χ1v) is 9.08. The van der Waals surface area contributed by atoms with Crippen molar-refractivity contribution in [2.24, 2.45) is 11.7 Å². The number of carbonyl (C=O) groups is 1. The van der Waals surface area contributed by atoms with Crippen molar-refractivity contribution in [3.63, 3.8) is 0 Å². The van der Waals surface area contributed by atoms with Crippen LogP contribution in [0.3, 0.4) is 0 Å². The Balaban J connectivity index is 2.38. The summed E-state index contributed by atoms with van der Waals surface area (Å²) in [5, 5.41) is 0. The molecule has 0 unspecified atom stereocenters. The van der Waals surface area contributed by atoms with Crippen molar-refractivity contribution in [3.05, 3.63) is 22.8 Å². The maximum absolute atomic E-state index is 13.0. The largest absolute Gasteiger partial charge is 0.496 e. The van der Waals surface area contributed by atoms with Crippen LogP contribution in [0.1, 0.15) is 29.5 Å². The zero-order valence-electron chi connectivity index (χ0n) is 14.0. The first kappa shape index (κ1) is 17.7. The molecule has 128 valence electrons. The van der Waals surface area contributed by atoms with Crippen molar-refractivity contribution in [2.75, 3.05) is 20.2 Å².